The molecule has 2 aromatic rings. The van der Waals surface area contributed by atoms with Crippen LogP contribution in [0.1, 0.15) is 23.6 Å². The number of pyridine rings is 1. The second-order valence-electron chi connectivity index (χ2n) is 5.81. The summed E-state index contributed by atoms with van der Waals surface area (Å²) in [6, 6.07) is 11.7. The number of rotatable bonds is 7. The van der Waals surface area contributed by atoms with Crippen LogP contribution in [0, 0.1) is 6.92 Å². The molecule has 0 fully saturated rings. The Morgan fingerprint density at radius 3 is 2.33 bits per heavy atom. The predicted molar refractivity (Wildman–Crippen MR) is 93.2 cm³/mol. The van der Waals surface area contributed by atoms with E-state index >= 15 is 0 Å². The Morgan fingerprint density at radius 1 is 1.04 bits per heavy atom. The van der Waals surface area contributed by atoms with E-state index in [4.69, 9.17) is 0 Å². The molecule has 0 atom stereocenters. The Bertz CT molecular complexity index is 669. The molecule has 0 bridgehead atoms. The monoisotopic (exact) mass is 325 g/mol. The fourth-order valence-corrected chi connectivity index (χ4v) is 2.34. The zero-order valence-corrected chi connectivity index (χ0v) is 14.2. The third kappa shape index (κ3) is 5.83. The molecule has 24 heavy (non-hydrogen) atoms. The summed E-state index contributed by atoms with van der Waals surface area (Å²) in [5, 5.41) is 2.87. The molecule has 0 unspecified atom stereocenters. The number of hydrogen-bond acceptors (Lipinski definition) is 3. The first kappa shape index (κ1) is 17.7. The minimum Gasteiger partial charge on any atom is -0.354 e. The van der Waals surface area contributed by atoms with Crippen molar-refractivity contribution in [3.05, 3.63) is 65.5 Å². The van der Waals surface area contributed by atoms with Crippen molar-refractivity contribution in [3.63, 3.8) is 0 Å². The van der Waals surface area contributed by atoms with Gasteiger partial charge in [0.05, 0.1) is 6.42 Å². The Balaban J connectivity index is 1.78. The van der Waals surface area contributed by atoms with Gasteiger partial charge in [0.25, 0.3) is 0 Å². The summed E-state index contributed by atoms with van der Waals surface area (Å²) >= 11 is 0. The van der Waals surface area contributed by atoms with Crippen LogP contribution < -0.4 is 5.32 Å². The minimum absolute atomic E-state index is 0.0143. The summed E-state index contributed by atoms with van der Waals surface area (Å²) in [6.07, 6.45) is 3.76. The number of nitrogens with zero attached hydrogens (tertiary/aromatic N) is 2. The van der Waals surface area contributed by atoms with Gasteiger partial charge >= 0.3 is 0 Å². The molecule has 5 heteroatoms. The lowest BCUT2D eigenvalue weighted by Crippen LogP contribution is -2.37. The van der Waals surface area contributed by atoms with E-state index < -0.39 is 0 Å². The van der Waals surface area contributed by atoms with Gasteiger partial charge in [-0.15, -0.1) is 0 Å². The molecule has 1 aromatic carbocycles. The number of benzene rings is 1. The molecule has 1 heterocycles. The van der Waals surface area contributed by atoms with Crippen molar-refractivity contribution in [1.82, 2.24) is 15.2 Å². The number of amides is 2. The summed E-state index contributed by atoms with van der Waals surface area (Å²) in [5.41, 5.74) is 3.18. The van der Waals surface area contributed by atoms with E-state index in [2.05, 4.69) is 10.3 Å². The van der Waals surface area contributed by atoms with Gasteiger partial charge in [0, 0.05) is 39.0 Å². The van der Waals surface area contributed by atoms with Crippen LogP contribution in [0.25, 0.3) is 0 Å². The highest BCUT2D eigenvalue weighted by molar-refractivity contribution is 5.78. The first-order chi connectivity index (χ1) is 11.5. The summed E-state index contributed by atoms with van der Waals surface area (Å²) in [6.45, 7) is 5.00. The van der Waals surface area contributed by atoms with Crippen LogP contribution in [0.3, 0.4) is 0 Å². The Kier molecular flexibility index (Phi) is 6.49. The molecule has 1 N–H and O–H groups in total. The summed E-state index contributed by atoms with van der Waals surface area (Å²) < 4.78 is 0. The number of carbonyl (C=O) groups is 2. The third-order valence-corrected chi connectivity index (χ3v) is 3.76. The first-order valence-corrected chi connectivity index (χ1v) is 8.01. The van der Waals surface area contributed by atoms with Crippen molar-refractivity contribution in [2.75, 3.05) is 13.1 Å². The lowest BCUT2D eigenvalue weighted by molar-refractivity contribution is -0.130. The second-order valence-corrected chi connectivity index (χ2v) is 5.81. The van der Waals surface area contributed by atoms with Crippen molar-refractivity contribution in [2.24, 2.45) is 0 Å². The topological polar surface area (TPSA) is 62.3 Å². The molecule has 126 valence electrons. The van der Waals surface area contributed by atoms with Gasteiger partial charge in [0.1, 0.15) is 0 Å². The lowest BCUT2D eigenvalue weighted by atomic mass is 10.1. The second kappa shape index (κ2) is 8.82. The number of nitrogens with one attached hydrogen (secondary N) is 1. The molecule has 1 aromatic heterocycles. The highest BCUT2D eigenvalue weighted by atomic mass is 16.2. The largest absolute Gasteiger partial charge is 0.354 e. The van der Waals surface area contributed by atoms with Crippen molar-refractivity contribution >= 4 is 11.8 Å². The van der Waals surface area contributed by atoms with Crippen molar-refractivity contribution in [2.45, 2.75) is 26.8 Å². The molecule has 0 spiro atoms. The first-order valence-electron chi connectivity index (χ1n) is 8.01. The molecule has 0 aliphatic carbocycles. The number of aryl methyl sites for hydroxylation is 1. The van der Waals surface area contributed by atoms with Gasteiger partial charge in [-0.2, -0.15) is 0 Å². The molecule has 5 nitrogen and oxygen atoms in total. The van der Waals surface area contributed by atoms with Crippen molar-refractivity contribution < 1.29 is 9.59 Å². The van der Waals surface area contributed by atoms with Gasteiger partial charge in [-0.1, -0.05) is 29.8 Å². The smallest absolute Gasteiger partial charge is 0.224 e. The quantitative estimate of drug-likeness (QED) is 0.848. The third-order valence-electron chi connectivity index (χ3n) is 3.76. The Morgan fingerprint density at radius 2 is 1.71 bits per heavy atom. The van der Waals surface area contributed by atoms with Gasteiger partial charge in [-0.25, -0.2) is 0 Å². The average Bonchev–Trinajstić information content (AvgIpc) is 2.57. The molecule has 0 radical (unpaired) electrons. The molecular formula is C19H23N3O2. The van der Waals surface area contributed by atoms with E-state index in [1.807, 2.05) is 43.3 Å². The van der Waals surface area contributed by atoms with Crippen molar-refractivity contribution in [3.8, 4) is 0 Å². The van der Waals surface area contributed by atoms with Crippen LogP contribution in [0.2, 0.25) is 0 Å². The summed E-state index contributed by atoms with van der Waals surface area (Å²) in [5.74, 6) is -0.0501. The average molecular weight is 325 g/mol. The SMILES string of the molecule is CC(=O)N(CCNC(=O)Cc1ccc(C)cc1)Cc1ccncc1. The molecule has 2 rings (SSSR count). The molecule has 0 saturated carbocycles. The van der Waals surface area contributed by atoms with Gasteiger partial charge in [-0.3, -0.25) is 14.6 Å². The standard InChI is InChI=1S/C19H23N3O2/c1-15-3-5-17(6-4-15)13-19(24)21-11-12-22(16(2)23)14-18-7-9-20-10-8-18/h3-10H,11-14H2,1-2H3,(H,21,24). The van der Waals surface area contributed by atoms with E-state index in [1.54, 1.807) is 17.3 Å². The zero-order valence-electron chi connectivity index (χ0n) is 14.2. The van der Waals surface area contributed by atoms with Gasteiger partial charge in [0.15, 0.2) is 0 Å². The number of carbonyl (C=O) groups excluding carboxylic acids is 2. The molecule has 2 amide bonds. The van der Waals surface area contributed by atoms with E-state index in [0.717, 1.165) is 11.1 Å². The fraction of sp³-hybridized carbons (Fsp3) is 0.316. The van der Waals surface area contributed by atoms with Gasteiger partial charge in [0.2, 0.25) is 11.8 Å². The van der Waals surface area contributed by atoms with E-state index in [1.165, 1.54) is 12.5 Å². The van der Waals surface area contributed by atoms with Crippen LogP contribution in [0.5, 0.6) is 0 Å². The summed E-state index contributed by atoms with van der Waals surface area (Å²) in [7, 11) is 0. The van der Waals surface area contributed by atoms with Crippen LogP contribution in [0.15, 0.2) is 48.8 Å². The van der Waals surface area contributed by atoms with Crippen molar-refractivity contribution in [1.29, 1.82) is 0 Å². The highest BCUT2D eigenvalue weighted by Gasteiger charge is 2.10. The normalized spacial score (nSPS) is 10.2. The van der Waals surface area contributed by atoms with Crippen LogP contribution in [0.4, 0.5) is 0 Å². The maximum Gasteiger partial charge on any atom is 0.224 e. The van der Waals surface area contributed by atoms with Gasteiger partial charge < -0.3 is 10.2 Å². The summed E-state index contributed by atoms with van der Waals surface area (Å²) in [4.78, 5) is 29.4. The maximum absolute atomic E-state index is 12.0. The number of aromatic nitrogens is 1. The molecule has 0 saturated heterocycles. The Hall–Kier alpha value is -2.69. The van der Waals surface area contributed by atoms with Gasteiger partial charge in [-0.05, 0) is 30.2 Å². The number of hydrogen-bond donors (Lipinski definition) is 1. The fourth-order valence-electron chi connectivity index (χ4n) is 2.34. The predicted octanol–water partition coefficient (Wildman–Crippen LogP) is 2.10. The van der Waals surface area contributed by atoms with Crippen LogP contribution in [-0.2, 0) is 22.6 Å². The molecular weight excluding hydrogens is 302 g/mol. The van der Waals surface area contributed by atoms with E-state index in [-0.39, 0.29) is 11.8 Å². The maximum atomic E-state index is 12.0. The molecule has 0 aliphatic heterocycles. The highest BCUT2D eigenvalue weighted by Crippen LogP contribution is 2.05. The molecule has 0 aliphatic rings. The zero-order chi connectivity index (χ0) is 17.4. The minimum atomic E-state index is -0.0359. The van der Waals surface area contributed by atoms with Crippen LogP contribution in [-0.4, -0.2) is 34.8 Å². The van der Waals surface area contributed by atoms with E-state index in [9.17, 15) is 9.59 Å². The lowest BCUT2D eigenvalue weighted by Gasteiger charge is -2.21. The Labute approximate surface area is 142 Å². The van der Waals surface area contributed by atoms with Crippen LogP contribution >= 0.6 is 0 Å². The van der Waals surface area contributed by atoms with E-state index in [0.29, 0.717) is 26.1 Å².